The van der Waals surface area contributed by atoms with Gasteiger partial charge in [-0.2, -0.15) is 0 Å². The quantitative estimate of drug-likeness (QED) is 0.857. The molecule has 0 saturated carbocycles. The van der Waals surface area contributed by atoms with E-state index in [1.165, 1.54) is 0 Å². The number of aryl methyl sites for hydroxylation is 2. The van der Waals surface area contributed by atoms with Crippen LogP contribution in [0.1, 0.15) is 23.2 Å². The number of carbonyl (C=O) groups is 1. The van der Waals surface area contributed by atoms with Crippen LogP contribution in [0.4, 0.5) is 5.95 Å². The number of hydrogen-bond donors (Lipinski definition) is 0. The third-order valence-corrected chi connectivity index (χ3v) is 3.73. The van der Waals surface area contributed by atoms with E-state index in [4.69, 9.17) is 4.52 Å². The van der Waals surface area contributed by atoms with Crippen molar-refractivity contribution in [3.05, 3.63) is 29.9 Å². The van der Waals surface area contributed by atoms with E-state index < -0.39 is 0 Å². The van der Waals surface area contributed by atoms with Crippen molar-refractivity contribution < 1.29 is 9.32 Å². The summed E-state index contributed by atoms with van der Waals surface area (Å²) in [6.45, 7) is 7.67. The Kier molecular flexibility index (Phi) is 5.07. The van der Waals surface area contributed by atoms with Crippen molar-refractivity contribution in [3.63, 3.8) is 0 Å². The fourth-order valence-electron chi connectivity index (χ4n) is 2.57. The standard InChI is InChI=1S/C14H19N5O2.ClH/c1-3-17-5-4-15-14(17)19-8-6-18(7-9-19)13(20)12-10-11(2)21-16-12;/h4-5,10H,3,6-9H2,1-2H3;1H. The van der Waals surface area contributed by atoms with E-state index in [1.54, 1.807) is 13.0 Å². The summed E-state index contributed by atoms with van der Waals surface area (Å²) in [5.74, 6) is 1.56. The maximum absolute atomic E-state index is 12.3. The molecule has 3 heterocycles. The van der Waals surface area contributed by atoms with Crippen LogP contribution in [0, 0.1) is 6.92 Å². The minimum Gasteiger partial charge on any atom is -0.361 e. The summed E-state index contributed by atoms with van der Waals surface area (Å²) in [7, 11) is 0. The molecule has 1 fully saturated rings. The van der Waals surface area contributed by atoms with Crippen LogP contribution in [-0.4, -0.2) is 51.7 Å². The van der Waals surface area contributed by atoms with Crippen LogP contribution in [-0.2, 0) is 6.54 Å². The topological polar surface area (TPSA) is 67.4 Å². The zero-order chi connectivity index (χ0) is 14.8. The van der Waals surface area contributed by atoms with Gasteiger partial charge in [0.2, 0.25) is 5.95 Å². The first-order chi connectivity index (χ1) is 10.2. The molecule has 3 rings (SSSR count). The normalized spacial score (nSPS) is 14.8. The van der Waals surface area contributed by atoms with Crippen LogP contribution in [0.3, 0.4) is 0 Å². The van der Waals surface area contributed by atoms with E-state index in [9.17, 15) is 4.79 Å². The van der Waals surface area contributed by atoms with Crippen LogP contribution in [0.15, 0.2) is 23.0 Å². The van der Waals surface area contributed by atoms with E-state index >= 15 is 0 Å². The Morgan fingerprint density at radius 1 is 1.32 bits per heavy atom. The molecule has 1 aliphatic rings. The smallest absolute Gasteiger partial charge is 0.276 e. The van der Waals surface area contributed by atoms with Gasteiger partial charge in [-0.1, -0.05) is 5.16 Å². The van der Waals surface area contributed by atoms with Crippen molar-refractivity contribution in [1.29, 1.82) is 0 Å². The molecule has 2 aromatic heterocycles. The van der Waals surface area contributed by atoms with Crippen molar-refractivity contribution in [3.8, 4) is 0 Å². The van der Waals surface area contributed by atoms with Crippen LogP contribution in [0.25, 0.3) is 0 Å². The SMILES string of the molecule is CCn1ccnc1N1CCN(C(=O)c2cc(C)on2)CC1.Cl. The molecule has 0 bridgehead atoms. The molecule has 22 heavy (non-hydrogen) atoms. The lowest BCUT2D eigenvalue weighted by Gasteiger charge is -2.35. The predicted molar refractivity (Wildman–Crippen MR) is 84.5 cm³/mol. The highest BCUT2D eigenvalue weighted by molar-refractivity contribution is 5.92. The predicted octanol–water partition coefficient (Wildman–Crippen LogP) is 1.58. The van der Waals surface area contributed by atoms with Crippen molar-refractivity contribution in [1.82, 2.24) is 19.6 Å². The number of hydrogen-bond acceptors (Lipinski definition) is 5. The molecule has 0 aromatic carbocycles. The van der Waals surface area contributed by atoms with Crippen LogP contribution in [0.2, 0.25) is 0 Å². The molecule has 8 heteroatoms. The zero-order valence-corrected chi connectivity index (χ0v) is 13.5. The van der Waals surface area contributed by atoms with Crippen molar-refractivity contribution in [2.24, 2.45) is 0 Å². The summed E-state index contributed by atoms with van der Waals surface area (Å²) < 4.78 is 7.08. The average Bonchev–Trinajstić information content (AvgIpc) is 3.15. The van der Waals surface area contributed by atoms with Crippen LogP contribution in [0.5, 0.6) is 0 Å². The van der Waals surface area contributed by atoms with E-state index in [0.29, 0.717) is 24.5 Å². The number of anilines is 1. The minimum atomic E-state index is -0.0645. The van der Waals surface area contributed by atoms with Gasteiger partial charge in [-0.25, -0.2) is 4.98 Å². The minimum absolute atomic E-state index is 0. The molecule has 0 atom stereocenters. The first kappa shape index (κ1) is 16.4. The van der Waals surface area contributed by atoms with Gasteiger partial charge in [0.05, 0.1) is 0 Å². The fourth-order valence-corrected chi connectivity index (χ4v) is 2.57. The van der Waals surface area contributed by atoms with Gasteiger partial charge in [-0.15, -0.1) is 12.4 Å². The second kappa shape index (κ2) is 6.83. The Hall–Kier alpha value is -2.02. The molecule has 2 aromatic rings. The summed E-state index contributed by atoms with van der Waals surface area (Å²) in [5.41, 5.74) is 0.385. The molecule has 0 radical (unpaired) electrons. The maximum Gasteiger partial charge on any atom is 0.276 e. The number of amides is 1. The van der Waals surface area contributed by atoms with E-state index in [1.807, 2.05) is 17.3 Å². The van der Waals surface area contributed by atoms with E-state index in [0.717, 1.165) is 25.6 Å². The second-order valence-electron chi connectivity index (χ2n) is 5.12. The molecular weight excluding hydrogens is 306 g/mol. The number of halogens is 1. The molecule has 1 amide bonds. The number of nitrogens with zero attached hydrogens (tertiary/aromatic N) is 5. The third-order valence-electron chi connectivity index (χ3n) is 3.73. The van der Waals surface area contributed by atoms with Gasteiger partial charge in [0.1, 0.15) is 5.76 Å². The molecule has 0 spiro atoms. The molecule has 0 aliphatic carbocycles. The van der Waals surface area contributed by atoms with Crippen molar-refractivity contribution >= 4 is 24.3 Å². The lowest BCUT2D eigenvalue weighted by molar-refractivity contribution is 0.0735. The van der Waals surface area contributed by atoms with Gasteiger partial charge in [0.25, 0.3) is 5.91 Å². The molecule has 1 aliphatic heterocycles. The highest BCUT2D eigenvalue weighted by Crippen LogP contribution is 2.15. The van der Waals surface area contributed by atoms with Gasteiger partial charge in [0, 0.05) is 51.2 Å². The lowest BCUT2D eigenvalue weighted by Crippen LogP contribution is -2.49. The molecule has 0 unspecified atom stereocenters. The Morgan fingerprint density at radius 2 is 2.05 bits per heavy atom. The van der Waals surface area contributed by atoms with Crippen LogP contribution >= 0.6 is 12.4 Å². The molecular formula is C14H20ClN5O2. The average molecular weight is 326 g/mol. The largest absolute Gasteiger partial charge is 0.361 e. The summed E-state index contributed by atoms with van der Waals surface area (Å²) >= 11 is 0. The zero-order valence-electron chi connectivity index (χ0n) is 12.7. The molecule has 0 N–H and O–H groups in total. The Labute approximate surface area is 135 Å². The summed E-state index contributed by atoms with van der Waals surface area (Å²) in [5, 5.41) is 3.79. The summed E-state index contributed by atoms with van der Waals surface area (Å²) in [4.78, 5) is 20.7. The first-order valence-electron chi connectivity index (χ1n) is 7.17. The number of aromatic nitrogens is 3. The van der Waals surface area contributed by atoms with Gasteiger partial charge in [0.15, 0.2) is 5.69 Å². The monoisotopic (exact) mass is 325 g/mol. The second-order valence-corrected chi connectivity index (χ2v) is 5.12. The van der Waals surface area contributed by atoms with E-state index in [2.05, 4.69) is 26.5 Å². The molecule has 1 saturated heterocycles. The number of piperazine rings is 1. The third kappa shape index (κ3) is 3.09. The highest BCUT2D eigenvalue weighted by Gasteiger charge is 2.25. The Morgan fingerprint density at radius 3 is 2.64 bits per heavy atom. The number of rotatable bonds is 3. The van der Waals surface area contributed by atoms with Gasteiger partial charge >= 0.3 is 0 Å². The van der Waals surface area contributed by atoms with E-state index in [-0.39, 0.29) is 18.3 Å². The number of carbonyl (C=O) groups excluding carboxylic acids is 1. The fraction of sp³-hybridized carbons (Fsp3) is 0.500. The van der Waals surface area contributed by atoms with Crippen LogP contribution < -0.4 is 4.90 Å². The van der Waals surface area contributed by atoms with Gasteiger partial charge in [-0.05, 0) is 13.8 Å². The first-order valence-corrected chi connectivity index (χ1v) is 7.17. The number of imidazole rings is 1. The summed E-state index contributed by atoms with van der Waals surface area (Å²) in [6, 6.07) is 1.68. The Balaban J connectivity index is 0.00000176. The highest BCUT2D eigenvalue weighted by atomic mass is 35.5. The van der Waals surface area contributed by atoms with Gasteiger partial charge < -0.3 is 18.9 Å². The maximum atomic E-state index is 12.3. The van der Waals surface area contributed by atoms with Crippen molar-refractivity contribution in [2.45, 2.75) is 20.4 Å². The van der Waals surface area contributed by atoms with Crippen molar-refractivity contribution in [2.75, 3.05) is 31.1 Å². The summed E-state index contributed by atoms with van der Waals surface area (Å²) in [6.07, 6.45) is 3.79. The van der Waals surface area contributed by atoms with Gasteiger partial charge in [-0.3, -0.25) is 4.79 Å². The lowest BCUT2D eigenvalue weighted by atomic mass is 10.2. The Bertz CT molecular complexity index is 631. The molecule has 7 nitrogen and oxygen atoms in total. The molecule has 120 valence electrons.